The van der Waals surface area contributed by atoms with Crippen molar-refractivity contribution in [1.29, 1.82) is 0 Å². The van der Waals surface area contributed by atoms with Crippen LogP contribution in [0.2, 0.25) is 0 Å². The Bertz CT molecular complexity index is 724. The maximum atomic E-state index is 13.3. The molecule has 0 aromatic carbocycles. The Kier molecular flexibility index (Phi) is 9.92. The summed E-state index contributed by atoms with van der Waals surface area (Å²) in [7, 11) is 1.57. The Hall–Kier alpha value is -1.70. The van der Waals surface area contributed by atoms with Crippen LogP contribution >= 0.6 is 0 Å². The quantitative estimate of drug-likeness (QED) is 0.291. The third-order valence-corrected chi connectivity index (χ3v) is 6.34. The summed E-state index contributed by atoms with van der Waals surface area (Å²) in [5, 5.41) is 0. The van der Waals surface area contributed by atoms with E-state index in [9.17, 15) is 4.79 Å². The predicted octanol–water partition coefficient (Wildman–Crippen LogP) is 4.44. The summed E-state index contributed by atoms with van der Waals surface area (Å²) in [4.78, 5) is 19.6. The van der Waals surface area contributed by atoms with Crippen LogP contribution in [0.3, 0.4) is 0 Å². The van der Waals surface area contributed by atoms with E-state index in [4.69, 9.17) is 18.9 Å². The second-order valence-corrected chi connectivity index (χ2v) is 9.76. The number of β-lactam (4-membered cyclic amide) rings is 1. The molecule has 2 rings (SSSR count). The van der Waals surface area contributed by atoms with Crippen molar-refractivity contribution < 1.29 is 23.7 Å². The second kappa shape index (κ2) is 12.0. The third kappa shape index (κ3) is 6.65. The fourth-order valence-electron chi connectivity index (χ4n) is 3.92. The van der Waals surface area contributed by atoms with Crippen LogP contribution in [0.4, 0.5) is 0 Å². The van der Waals surface area contributed by atoms with Crippen molar-refractivity contribution in [1.82, 2.24) is 9.88 Å². The molecular formula is C25H42N2O5. The number of carbonyl (C=O) groups is 1. The number of nitrogens with zero attached hydrogens (tertiary/aromatic N) is 2. The van der Waals surface area contributed by atoms with Crippen LogP contribution in [0.5, 0.6) is 5.75 Å². The van der Waals surface area contributed by atoms with Gasteiger partial charge < -0.3 is 23.8 Å². The van der Waals surface area contributed by atoms with Gasteiger partial charge in [-0.25, -0.2) is 0 Å². The molecule has 182 valence electrons. The molecule has 32 heavy (non-hydrogen) atoms. The van der Waals surface area contributed by atoms with Gasteiger partial charge in [-0.1, -0.05) is 41.0 Å². The summed E-state index contributed by atoms with van der Waals surface area (Å²) in [5.74, 6) is 1.08. The lowest BCUT2D eigenvalue weighted by atomic mass is 9.75. The molecule has 0 spiro atoms. The number of methoxy groups -OCH3 is 1. The first-order valence-electron chi connectivity index (χ1n) is 11.8. The van der Waals surface area contributed by atoms with E-state index in [0.29, 0.717) is 25.6 Å². The number of pyridine rings is 1. The first-order chi connectivity index (χ1) is 15.2. The number of hydrogen-bond donors (Lipinski definition) is 0. The smallest absolute Gasteiger partial charge is 0.259 e. The first kappa shape index (κ1) is 26.6. The molecule has 0 aliphatic carbocycles. The summed E-state index contributed by atoms with van der Waals surface area (Å²) in [6.07, 6.45) is 4.99. The van der Waals surface area contributed by atoms with Gasteiger partial charge in [-0.2, -0.15) is 0 Å². The van der Waals surface area contributed by atoms with Crippen molar-refractivity contribution in [3.05, 3.63) is 24.0 Å². The maximum Gasteiger partial charge on any atom is 0.259 e. The molecule has 0 radical (unpaired) electrons. The molecule has 1 aliphatic heterocycles. The van der Waals surface area contributed by atoms with Crippen LogP contribution in [-0.2, 0) is 25.4 Å². The van der Waals surface area contributed by atoms with Gasteiger partial charge >= 0.3 is 0 Å². The predicted molar refractivity (Wildman–Crippen MR) is 124 cm³/mol. The Morgan fingerprint density at radius 2 is 2.03 bits per heavy atom. The summed E-state index contributed by atoms with van der Waals surface area (Å²) >= 11 is 0. The molecule has 0 saturated carbocycles. The van der Waals surface area contributed by atoms with Crippen molar-refractivity contribution in [2.45, 2.75) is 78.9 Å². The highest BCUT2D eigenvalue weighted by molar-refractivity contribution is 5.93. The highest BCUT2D eigenvalue weighted by Crippen LogP contribution is 2.41. The number of likely N-dealkylation sites (tertiary alicyclic amines) is 1. The molecule has 0 unspecified atom stereocenters. The van der Waals surface area contributed by atoms with Crippen molar-refractivity contribution in [3.63, 3.8) is 0 Å². The van der Waals surface area contributed by atoms with E-state index < -0.39 is 5.60 Å². The minimum Gasteiger partial charge on any atom is -0.493 e. The summed E-state index contributed by atoms with van der Waals surface area (Å²) < 4.78 is 22.8. The minimum atomic E-state index is -1.01. The Balaban J connectivity index is 2.19. The monoisotopic (exact) mass is 450 g/mol. The van der Waals surface area contributed by atoms with Crippen molar-refractivity contribution in [3.8, 4) is 5.75 Å². The first-order valence-corrected chi connectivity index (χ1v) is 11.8. The SMILES string of the molecule is CCOCN1C(=O)[C@](Cc2cc(OCCC(C)(C)CC)ccn2)(OCOC)[C@@H]1CC(C)C. The maximum absolute atomic E-state index is 13.3. The van der Waals surface area contributed by atoms with Crippen LogP contribution in [0.1, 0.15) is 66.5 Å². The minimum absolute atomic E-state index is 0.0467. The molecule has 0 N–H and O–H groups in total. The van der Waals surface area contributed by atoms with Crippen molar-refractivity contribution in [2.75, 3.05) is 33.8 Å². The van der Waals surface area contributed by atoms with E-state index in [0.717, 1.165) is 30.7 Å². The second-order valence-electron chi connectivity index (χ2n) is 9.76. The fraction of sp³-hybridized carbons (Fsp3) is 0.760. The van der Waals surface area contributed by atoms with Crippen molar-refractivity contribution in [2.24, 2.45) is 11.3 Å². The summed E-state index contributed by atoms with van der Waals surface area (Å²) in [6, 6.07) is 3.68. The van der Waals surface area contributed by atoms with Gasteiger partial charge in [0, 0.05) is 38.1 Å². The zero-order valence-corrected chi connectivity index (χ0v) is 21.0. The summed E-state index contributed by atoms with van der Waals surface area (Å²) in [5.41, 5.74) is 0.0135. The molecule has 1 saturated heterocycles. The van der Waals surface area contributed by atoms with Crippen LogP contribution < -0.4 is 4.74 Å². The molecule has 7 heteroatoms. The van der Waals surface area contributed by atoms with Gasteiger partial charge in [-0.15, -0.1) is 0 Å². The van der Waals surface area contributed by atoms with Gasteiger partial charge in [-0.3, -0.25) is 9.78 Å². The normalized spacial score (nSPS) is 21.2. The lowest BCUT2D eigenvalue weighted by Crippen LogP contribution is -2.76. The Morgan fingerprint density at radius 3 is 2.66 bits per heavy atom. The molecule has 1 aliphatic rings. The molecule has 1 fully saturated rings. The van der Waals surface area contributed by atoms with Crippen molar-refractivity contribution >= 4 is 5.91 Å². The number of hydrogen-bond acceptors (Lipinski definition) is 6. The molecule has 1 amide bonds. The molecule has 7 nitrogen and oxygen atoms in total. The van der Waals surface area contributed by atoms with Gasteiger partial charge in [-0.05, 0) is 37.2 Å². The highest BCUT2D eigenvalue weighted by atomic mass is 16.7. The third-order valence-electron chi connectivity index (χ3n) is 6.34. The lowest BCUT2D eigenvalue weighted by molar-refractivity contribution is -0.236. The van der Waals surface area contributed by atoms with Gasteiger partial charge in [0.05, 0.1) is 12.6 Å². The van der Waals surface area contributed by atoms with E-state index in [1.807, 2.05) is 19.1 Å². The number of carbonyl (C=O) groups excluding carboxylic acids is 1. The van der Waals surface area contributed by atoms with E-state index in [-0.39, 0.29) is 30.9 Å². The molecule has 2 heterocycles. The lowest BCUT2D eigenvalue weighted by Gasteiger charge is -2.55. The standard InChI is InChI=1S/C25H42N2O5/c1-8-24(5,6)11-13-31-21-10-12-26-20(15-21)16-25(32-18-29-7)22(14-19(3)4)27(23(25)28)17-30-9-2/h10,12,15,19,22H,8-9,11,13-14,16-18H2,1-7H3/t22-,25+/m0/s1. The summed E-state index contributed by atoms with van der Waals surface area (Å²) in [6.45, 7) is 14.4. The van der Waals surface area contributed by atoms with Crippen LogP contribution in [0.15, 0.2) is 18.3 Å². The van der Waals surface area contributed by atoms with E-state index >= 15 is 0 Å². The van der Waals surface area contributed by atoms with Crippen LogP contribution in [0, 0.1) is 11.3 Å². The van der Waals surface area contributed by atoms with E-state index in [1.165, 1.54) is 0 Å². The van der Waals surface area contributed by atoms with E-state index in [2.05, 4.69) is 39.6 Å². The Morgan fingerprint density at radius 1 is 1.28 bits per heavy atom. The van der Waals surface area contributed by atoms with Crippen LogP contribution in [-0.4, -0.2) is 61.3 Å². The molecule has 1 aromatic rings. The number of ether oxygens (including phenoxy) is 4. The van der Waals surface area contributed by atoms with Gasteiger partial charge in [0.2, 0.25) is 0 Å². The van der Waals surface area contributed by atoms with Gasteiger partial charge in [0.15, 0.2) is 5.60 Å². The van der Waals surface area contributed by atoms with Gasteiger partial charge in [0.1, 0.15) is 19.3 Å². The highest BCUT2D eigenvalue weighted by Gasteiger charge is 2.62. The Labute approximate surface area is 193 Å². The average Bonchev–Trinajstić information content (AvgIpc) is 2.76. The molecule has 0 bridgehead atoms. The molecule has 2 atom stereocenters. The number of amides is 1. The largest absolute Gasteiger partial charge is 0.493 e. The topological polar surface area (TPSA) is 70.1 Å². The fourth-order valence-corrected chi connectivity index (χ4v) is 3.92. The number of aromatic nitrogens is 1. The van der Waals surface area contributed by atoms with E-state index in [1.54, 1.807) is 18.2 Å². The number of rotatable bonds is 15. The van der Waals surface area contributed by atoms with Crippen LogP contribution in [0.25, 0.3) is 0 Å². The zero-order chi connectivity index (χ0) is 23.8. The average molecular weight is 451 g/mol. The molecule has 1 aromatic heterocycles. The van der Waals surface area contributed by atoms with Gasteiger partial charge in [0.25, 0.3) is 5.91 Å². The zero-order valence-electron chi connectivity index (χ0n) is 21.0. The molecular weight excluding hydrogens is 408 g/mol.